The number of hydrogen-bond donors (Lipinski definition) is 3. The summed E-state index contributed by atoms with van der Waals surface area (Å²) < 4.78 is 0. The third kappa shape index (κ3) is 3.32. The number of hydrogen-bond acceptors (Lipinski definition) is 3. The fourth-order valence-corrected chi connectivity index (χ4v) is 7.99. The standard InChI is InChI=1S/C25H42O3/c1-16(12-14-26)7-9-18-17(2)8-10-20-24(18,5)15-19(27)22-23(3,4)13-11-21(28)25(20,22)6/h12,18-22,26-28H,2,7-11,13-15H2,1,3-6H3/b16-12-/t18-,19+,20?,21-,22?,24+,25+/m1/s1. The molecule has 7 atom stereocenters. The van der Waals surface area contributed by atoms with Crippen molar-refractivity contribution in [1.82, 2.24) is 0 Å². The molecule has 0 aromatic heterocycles. The Kier molecular flexibility index (Phi) is 5.95. The molecule has 0 bridgehead atoms. The second-order valence-corrected chi connectivity index (χ2v) is 11.2. The van der Waals surface area contributed by atoms with Gasteiger partial charge >= 0.3 is 0 Å². The minimum Gasteiger partial charge on any atom is -0.393 e. The second-order valence-electron chi connectivity index (χ2n) is 11.2. The number of aliphatic hydroxyl groups is 3. The SMILES string of the molecule is C=C1CCC2[C@]3(C)C([C@@H](O)C[C@@]2(C)[C@@H]1CC/C(C)=C\CO)C(C)(C)CC[C@H]3O. The molecule has 0 radical (unpaired) electrons. The van der Waals surface area contributed by atoms with Crippen LogP contribution in [0, 0.1) is 34.0 Å². The third-order valence-corrected chi connectivity index (χ3v) is 9.18. The summed E-state index contributed by atoms with van der Waals surface area (Å²) in [6.07, 6.45) is 7.87. The summed E-state index contributed by atoms with van der Waals surface area (Å²) >= 11 is 0. The molecule has 3 N–H and O–H groups in total. The molecule has 0 saturated heterocycles. The van der Waals surface area contributed by atoms with Crippen LogP contribution in [0.3, 0.4) is 0 Å². The molecule has 3 aliphatic carbocycles. The van der Waals surface area contributed by atoms with Crippen LogP contribution in [0.2, 0.25) is 0 Å². The highest BCUT2D eigenvalue weighted by Crippen LogP contribution is 2.69. The zero-order valence-corrected chi connectivity index (χ0v) is 18.7. The Labute approximate surface area is 171 Å². The summed E-state index contributed by atoms with van der Waals surface area (Å²) in [5, 5.41) is 31.8. The quantitative estimate of drug-likeness (QED) is 0.601. The van der Waals surface area contributed by atoms with Gasteiger partial charge in [0.25, 0.3) is 0 Å². The van der Waals surface area contributed by atoms with E-state index in [1.807, 2.05) is 6.08 Å². The first-order valence-electron chi connectivity index (χ1n) is 11.3. The van der Waals surface area contributed by atoms with E-state index in [1.165, 1.54) is 11.1 Å². The molecule has 3 saturated carbocycles. The molecule has 28 heavy (non-hydrogen) atoms. The topological polar surface area (TPSA) is 60.7 Å². The zero-order valence-electron chi connectivity index (χ0n) is 18.7. The van der Waals surface area contributed by atoms with Gasteiger partial charge in [0.15, 0.2) is 0 Å². The van der Waals surface area contributed by atoms with E-state index in [1.54, 1.807) is 0 Å². The molecule has 3 heteroatoms. The molecule has 0 amide bonds. The first-order valence-corrected chi connectivity index (χ1v) is 11.3. The monoisotopic (exact) mass is 390 g/mol. The van der Waals surface area contributed by atoms with Crippen molar-refractivity contribution < 1.29 is 15.3 Å². The second kappa shape index (κ2) is 7.56. The van der Waals surface area contributed by atoms with Crippen LogP contribution in [0.15, 0.2) is 23.8 Å². The van der Waals surface area contributed by atoms with Gasteiger partial charge in [-0.1, -0.05) is 51.5 Å². The summed E-state index contributed by atoms with van der Waals surface area (Å²) in [7, 11) is 0. The predicted molar refractivity (Wildman–Crippen MR) is 115 cm³/mol. The fourth-order valence-electron chi connectivity index (χ4n) is 7.99. The molecule has 2 unspecified atom stereocenters. The summed E-state index contributed by atoms with van der Waals surface area (Å²) in [4.78, 5) is 0. The van der Waals surface area contributed by atoms with Crippen LogP contribution >= 0.6 is 0 Å². The molecule has 0 spiro atoms. The lowest BCUT2D eigenvalue weighted by Crippen LogP contribution is -2.67. The van der Waals surface area contributed by atoms with E-state index in [-0.39, 0.29) is 41.0 Å². The first-order chi connectivity index (χ1) is 13.0. The molecule has 0 heterocycles. The first kappa shape index (κ1) is 22.1. The van der Waals surface area contributed by atoms with Crippen LogP contribution in [-0.4, -0.2) is 34.1 Å². The van der Waals surface area contributed by atoms with Crippen LogP contribution in [0.25, 0.3) is 0 Å². The lowest BCUT2D eigenvalue weighted by molar-refractivity contribution is -0.242. The molecule has 3 nitrogen and oxygen atoms in total. The maximum Gasteiger partial charge on any atom is 0.0614 e. The smallest absolute Gasteiger partial charge is 0.0614 e. The van der Waals surface area contributed by atoms with E-state index in [0.29, 0.717) is 11.8 Å². The van der Waals surface area contributed by atoms with Gasteiger partial charge in [-0.25, -0.2) is 0 Å². The van der Waals surface area contributed by atoms with Gasteiger partial charge in [0.05, 0.1) is 18.8 Å². The molecule has 3 aliphatic rings. The molecular weight excluding hydrogens is 348 g/mol. The molecular formula is C25H42O3. The Morgan fingerprint density at radius 3 is 2.50 bits per heavy atom. The largest absolute Gasteiger partial charge is 0.393 e. The van der Waals surface area contributed by atoms with Gasteiger partial charge in [0, 0.05) is 5.41 Å². The van der Waals surface area contributed by atoms with Crippen LogP contribution < -0.4 is 0 Å². The van der Waals surface area contributed by atoms with E-state index in [9.17, 15) is 15.3 Å². The number of aliphatic hydroxyl groups excluding tert-OH is 3. The molecule has 3 rings (SSSR count). The van der Waals surface area contributed by atoms with Crippen molar-refractivity contribution in [3.8, 4) is 0 Å². The van der Waals surface area contributed by atoms with Gasteiger partial charge in [-0.3, -0.25) is 0 Å². The average Bonchev–Trinajstić information content (AvgIpc) is 2.57. The van der Waals surface area contributed by atoms with Crippen LogP contribution in [0.4, 0.5) is 0 Å². The third-order valence-electron chi connectivity index (χ3n) is 9.18. The van der Waals surface area contributed by atoms with E-state index >= 15 is 0 Å². The molecule has 0 aromatic carbocycles. The van der Waals surface area contributed by atoms with Crippen LogP contribution in [-0.2, 0) is 0 Å². The summed E-state index contributed by atoms with van der Waals surface area (Å²) in [6, 6.07) is 0. The fraction of sp³-hybridized carbons (Fsp3) is 0.840. The van der Waals surface area contributed by atoms with Crippen molar-refractivity contribution in [1.29, 1.82) is 0 Å². The number of fused-ring (bicyclic) bond motifs is 3. The van der Waals surface area contributed by atoms with E-state index in [2.05, 4.69) is 41.2 Å². The van der Waals surface area contributed by atoms with E-state index < -0.39 is 0 Å². The Bertz CT molecular complexity index is 636. The van der Waals surface area contributed by atoms with Gasteiger partial charge in [-0.2, -0.15) is 0 Å². The molecule has 0 aromatic rings. The molecule has 160 valence electrons. The van der Waals surface area contributed by atoms with Gasteiger partial charge in [-0.05, 0) is 80.5 Å². The summed E-state index contributed by atoms with van der Waals surface area (Å²) in [5.74, 6) is 0.906. The van der Waals surface area contributed by atoms with Crippen LogP contribution in [0.1, 0.15) is 79.6 Å². The van der Waals surface area contributed by atoms with Crippen molar-refractivity contribution in [3.63, 3.8) is 0 Å². The van der Waals surface area contributed by atoms with Crippen molar-refractivity contribution in [3.05, 3.63) is 23.8 Å². The lowest BCUT2D eigenvalue weighted by Gasteiger charge is -2.68. The molecule has 0 aliphatic heterocycles. The van der Waals surface area contributed by atoms with Gasteiger partial charge < -0.3 is 15.3 Å². The number of rotatable bonds is 4. The highest BCUT2D eigenvalue weighted by molar-refractivity contribution is 5.22. The molecule has 3 fully saturated rings. The lowest BCUT2D eigenvalue weighted by atomic mass is 9.37. The summed E-state index contributed by atoms with van der Waals surface area (Å²) in [6.45, 7) is 15.8. The summed E-state index contributed by atoms with van der Waals surface area (Å²) in [5.41, 5.74) is 2.31. The predicted octanol–water partition coefficient (Wildman–Crippen LogP) is 4.86. The normalized spacial score (nSPS) is 46.1. The Balaban J connectivity index is 1.98. The van der Waals surface area contributed by atoms with Crippen molar-refractivity contribution in [2.24, 2.45) is 34.0 Å². The Hall–Kier alpha value is -0.640. The highest BCUT2D eigenvalue weighted by atomic mass is 16.3. The van der Waals surface area contributed by atoms with Crippen molar-refractivity contribution >= 4 is 0 Å². The van der Waals surface area contributed by atoms with Crippen LogP contribution in [0.5, 0.6) is 0 Å². The Morgan fingerprint density at radius 2 is 1.86 bits per heavy atom. The van der Waals surface area contributed by atoms with Crippen molar-refractivity contribution in [2.75, 3.05) is 6.61 Å². The van der Waals surface area contributed by atoms with E-state index in [0.717, 1.165) is 44.9 Å². The van der Waals surface area contributed by atoms with Gasteiger partial charge in [0.2, 0.25) is 0 Å². The van der Waals surface area contributed by atoms with E-state index in [4.69, 9.17) is 0 Å². The van der Waals surface area contributed by atoms with Gasteiger partial charge in [0.1, 0.15) is 0 Å². The van der Waals surface area contributed by atoms with Gasteiger partial charge in [-0.15, -0.1) is 0 Å². The average molecular weight is 391 g/mol. The van der Waals surface area contributed by atoms with Crippen molar-refractivity contribution in [2.45, 2.75) is 91.8 Å². The Morgan fingerprint density at radius 1 is 1.18 bits per heavy atom. The maximum atomic E-state index is 11.4. The minimum atomic E-state index is -0.376. The zero-order chi connectivity index (χ0) is 20.9. The highest BCUT2D eigenvalue weighted by Gasteiger charge is 2.66. The number of allylic oxidation sites excluding steroid dienone is 2. The maximum absolute atomic E-state index is 11.4. The minimum absolute atomic E-state index is 0.0338.